The Morgan fingerprint density at radius 1 is 0.268 bits per heavy atom. The van der Waals surface area contributed by atoms with Crippen molar-refractivity contribution in [2.75, 3.05) is 4.90 Å². The average molecular weight is 716 g/mol. The number of para-hydroxylation sites is 3. The Kier molecular flexibility index (Phi) is 8.55. The fourth-order valence-electron chi connectivity index (χ4n) is 8.25. The lowest BCUT2D eigenvalue weighted by molar-refractivity contribution is 0.669. The molecule has 1 aromatic heterocycles. The first-order valence-electron chi connectivity index (χ1n) is 19.1. The van der Waals surface area contributed by atoms with E-state index in [-0.39, 0.29) is 0 Å². The van der Waals surface area contributed by atoms with Crippen LogP contribution in [-0.2, 0) is 0 Å². The van der Waals surface area contributed by atoms with Crippen molar-refractivity contribution in [1.29, 1.82) is 0 Å². The maximum absolute atomic E-state index is 6.51. The van der Waals surface area contributed by atoms with Gasteiger partial charge in [0, 0.05) is 16.5 Å². The molecule has 0 radical (unpaired) electrons. The van der Waals surface area contributed by atoms with Crippen LogP contribution >= 0.6 is 0 Å². The molecule has 0 aliphatic carbocycles. The van der Waals surface area contributed by atoms with E-state index in [4.69, 9.17) is 4.42 Å². The Labute approximate surface area is 327 Å². The van der Waals surface area contributed by atoms with E-state index in [9.17, 15) is 0 Å². The van der Waals surface area contributed by atoms with Crippen LogP contribution in [0, 0.1) is 0 Å². The predicted octanol–water partition coefficient (Wildman–Crippen LogP) is 15.4. The molecule has 0 aliphatic heterocycles. The highest BCUT2D eigenvalue weighted by molar-refractivity contribution is 6.15. The van der Waals surface area contributed by atoms with E-state index in [1.807, 2.05) is 6.07 Å². The van der Waals surface area contributed by atoms with Gasteiger partial charge in [0.25, 0.3) is 0 Å². The Morgan fingerprint density at radius 2 is 0.696 bits per heavy atom. The van der Waals surface area contributed by atoms with Crippen molar-refractivity contribution in [3.05, 3.63) is 224 Å². The van der Waals surface area contributed by atoms with Gasteiger partial charge in [0.05, 0.1) is 22.4 Å². The summed E-state index contributed by atoms with van der Waals surface area (Å²) in [7, 11) is 0. The van der Waals surface area contributed by atoms with E-state index in [1.54, 1.807) is 0 Å². The zero-order valence-corrected chi connectivity index (χ0v) is 30.7. The summed E-state index contributed by atoms with van der Waals surface area (Å²) in [5, 5.41) is 2.16. The second-order valence-electron chi connectivity index (χ2n) is 14.0. The molecular weight excluding hydrogens is 679 g/mol. The first kappa shape index (κ1) is 33.2. The molecule has 0 unspecified atom stereocenters. The standard InChI is InChI=1S/C54H37NO/c1-4-20-38(21-5-1)41-26-10-11-29-45(41)53-43(40-24-8-3-9-25-40)31-18-32-46(53)44-28-13-16-34-49(44)55(48-33-15-12-27-42(48)39-22-6-2-7-23-39)50-35-19-37-52-54(50)47-30-14-17-36-51(47)56-52/h1-37H. The van der Waals surface area contributed by atoms with Gasteiger partial charge in [0.15, 0.2) is 0 Å². The molecule has 0 amide bonds. The highest BCUT2D eigenvalue weighted by Gasteiger charge is 2.26. The maximum atomic E-state index is 6.51. The third-order valence-corrected chi connectivity index (χ3v) is 10.7. The molecule has 10 rings (SSSR count). The average Bonchev–Trinajstić information content (AvgIpc) is 3.67. The molecule has 264 valence electrons. The first-order valence-corrected chi connectivity index (χ1v) is 19.1. The van der Waals surface area contributed by atoms with Gasteiger partial charge >= 0.3 is 0 Å². The second kappa shape index (κ2) is 14.4. The molecule has 1 heterocycles. The maximum Gasteiger partial charge on any atom is 0.137 e. The fraction of sp³-hybridized carbons (Fsp3) is 0. The quantitative estimate of drug-likeness (QED) is 0.156. The molecule has 0 saturated heterocycles. The molecule has 0 atom stereocenters. The van der Waals surface area contributed by atoms with Crippen molar-refractivity contribution in [1.82, 2.24) is 0 Å². The number of hydrogen-bond donors (Lipinski definition) is 0. The third-order valence-electron chi connectivity index (χ3n) is 10.7. The number of furan rings is 1. The van der Waals surface area contributed by atoms with Gasteiger partial charge in [-0.15, -0.1) is 0 Å². The van der Waals surface area contributed by atoms with Crippen molar-refractivity contribution >= 4 is 39.0 Å². The Hall–Kier alpha value is -7.42. The molecule has 0 fully saturated rings. The van der Waals surface area contributed by atoms with Crippen molar-refractivity contribution in [2.45, 2.75) is 0 Å². The van der Waals surface area contributed by atoms with E-state index in [0.717, 1.165) is 61.3 Å². The molecule has 0 N–H and O–H groups in total. The van der Waals surface area contributed by atoms with Crippen LogP contribution in [0.2, 0.25) is 0 Å². The van der Waals surface area contributed by atoms with Crippen LogP contribution < -0.4 is 4.90 Å². The van der Waals surface area contributed by atoms with E-state index >= 15 is 0 Å². The summed E-state index contributed by atoms with van der Waals surface area (Å²) >= 11 is 0. The van der Waals surface area contributed by atoms with Gasteiger partial charge in [-0.25, -0.2) is 0 Å². The topological polar surface area (TPSA) is 16.4 Å². The lowest BCUT2D eigenvalue weighted by Gasteiger charge is -2.31. The highest BCUT2D eigenvalue weighted by atomic mass is 16.3. The molecule has 0 spiro atoms. The van der Waals surface area contributed by atoms with Crippen molar-refractivity contribution in [3.8, 4) is 55.6 Å². The molecule has 0 saturated carbocycles. The normalized spacial score (nSPS) is 11.2. The lowest BCUT2D eigenvalue weighted by Crippen LogP contribution is -2.13. The fourth-order valence-corrected chi connectivity index (χ4v) is 8.25. The summed E-state index contributed by atoms with van der Waals surface area (Å²) in [5.41, 5.74) is 16.6. The van der Waals surface area contributed by atoms with Gasteiger partial charge in [0.2, 0.25) is 0 Å². The van der Waals surface area contributed by atoms with Crippen LogP contribution in [0.3, 0.4) is 0 Å². The summed E-state index contributed by atoms with van der Waals surface area (Å²) in [6.07, 6.45) is 0. The van der Waals surface area contributed by atoms with Gasteiger partial charge in [-0.3, -0.25) is 0 Å². The number of benzene rings is 9. The van der Waals surface area contributed by atoms with Crippen LogP contribution in [-0.4, -0.2) is 0 Å². The van der Waals surface area contributed by atoms with Crippen LogP contribution in [0.15, 0.2) is 229 Å². The van der Waals surface area contributed by atoms with Gasteiger partial charge in [-0.1, -0.05) is 194 Å². The highest BCUT2D eigenvalue weighted by Crippen LogP contribution is 2.51. The number of anilines is 3. The number of nitrogens with zero attached hydrogens (tertiary/aromatic N) is 1. The number of fused-ring (bicyclic) bond motifs is 3. The summed E-state index contributed by atoms with van der Waals surface area (Å²) in [6, 6.07) is 80.1. The molecule has 56 heavy (non-hydrogen) atoms. The summed E-state index contributed by atoms with van der Waals surface area (Å²) in [5.74, 6) is 0. The molecule has 0 aliphatic rings. The van der Waals surface area contributed by atoms with Crippen molar-refractivity contribution < 1.29 is 4.42 Å². The smallest absolute Gasteiger partial charge is 0.137 e. The molecule has 9 aromatic carbocycles. The number of hydrogen-bond acceptors (Lipinski definition) is 2. The molecule has 2 nitrogen and oxygen atoms in total. The summed E-state index contributed by atoms with van der Waals surface area (Å²) < 4.78 is 6.51. The number of rotatable bonds is 8. The van der Waals surface area contributed by atoms with Gasteiger partial charge in [0.1, 0.15) is 11.2 Å². The Morgan fingerprint density at radius 3 is 1.39 bits per heavy atom. The molecule has 2 heteroatoms. The largest absolute Gasteiger partial charge is 0.456 e. The molecular formula is C54H37NO. The Bertz CT molecular complexity index is 2960. The van der Waals surface area contributed by atoms with Gasteiger partial charge in [-0.05, 0) is 74.8 Å². The van der Waals surface area contributed by atoms with Crippen LogP contribution in [0.4, 0.5) is 17.1 Å². The third kappa shape index (κ3) is 5.85. The van der Waals surface area contributed by atoms with Gasteiger partial charge < -0.3 is 9.32 Å². The second-order valence-corrected chi connectivity index (χ2v) is 14.0. The molecule has 0 bridgehead atoms. The minimum Gasteiger partial charge on any atom is -0.456 e. The summed E-state index contributed by atoms with van der Waals surface area (Å²) in [4.78, 5) is 2.45. The van der Waals surface area contributed by atoms with Crippen LogP contribution in [0.5, 0.6) is 0 Å². The lowest BCUT2D eigenvalue weighted by atomic mass is 9.84. The predicted molar refractivity (Wildman–Crippen MR) is 236 cm³/mol. The SMILES string of the molecule is c1ccc(-c2ccccc2-c2c(-c3ccccc3)cccc2-c2ccccc2N(c2ccccc2-c2ccccc2)c2cccc3oc4ccccc4c23)cc1. The van der Waals surface area contributed by atoms with Crippen LogP contribution in [0.25, 0.3) is 77.6 Å². The first-order chi connectivity index (χ1) is 27.8. The zero-order chi connectivity index (χ0) is 37.3. The Balaban J connectivity index is 1.30. The molecule has 10 aromatic rings. The van der Waals surface area contributed by atoms with Gasteiger partial charge in [-0.2, -0.15) is 0 Å². The minimum atomic E-state index is 0.854. The van der Waals surface area contributed by atoms with E-state index in [1.165, 1.54) is 33.4 Å². The minimum absolute atomic E-state index is 0.854. The summed E-state index contributed by atoms with van der Waals surface area (Å²) in [6.45, 7) is 0. The van der Waals surface area contributed by atoms with Crippen LogP contribution in [0.1, 0.15) is 0 Å². The van der Waals surface area contributed by atoms with E-state index in [0.29, 0.717) is 0 Å². The van der Waals surface area contributed by atoms with Crippen molar-refractivity contribution in [2.24, 2.45) is 0 Å². The van der Waals surface area contributed by atoms with Crippen molar-refractivity contribution in [3.63, 3.8) is 0 Å². The zero-order valence-electron chi connectivity index (χ0n) is 30.7. The van der Waals surface area contributed by atoms with E-state index < -0.39 is 0 Å². The van der Waals surface area contributed by atoms with E-state index in [2.05, 4.69) is 223 Å². The monoisotopic (exact) mass is 715 g/mol.